The van der Waals surface area contributed by atoms with E-state index in [-0.39, 0.29) is 0 Å². The van der Waals surface area contributed by atoms with Gasteiger partial charge in [0.1, 0.15) is 11.2 Å². The highest BCUT2D eigenvalue weighted by molar-refractivity contribution is 6.12. The summed E-state index contributed by atoms with van der Waals surface area (Å²) in [6.45, 7) is 5.09. The van der Waals surface area contributed by atoms with Crippen LogP contribution in [0, 0.1) is 0 Å². The summed E-state index contributed by atoms with van der Waals surface area (Å²) < 4.78 is 8.60. The number of anilines is 2. The summed E-state index contributed by atoms with van der Waals surface area (Å²) in [5, 5.41) is 4.59. The van der Waals surface area contributed by atoms with Crippen LogP contribution in [0.5, 0.6) is 0 Å². The molecule has 64 heavy (non-hydrogen) atoms. The lowest BCUT2D eigenvalue weighted by atomic mass is 9.98. The molecule has 0 radical (unpaired) electrons. The average molecular weight is 822 g/mol. The summed E-state index contributed by atoms with van der Waals surface area (Å²) in [7, 11) is 0. The van der Waals surface area contributed by atoms with E-state index < -0.39 is 0 Å². The Labute approximate surface area is 370 Å². The molecule has 0 amide bonds. The van der Waals surface area contributed by atoms with E-state index in [4.69, 9.17) is 19.4 Å². The van der Waals surface area contributed by atoms with Crippen molar-refractivity contribution in [2.45, 2.75) is 0 Å². The van der Waals surface area contributed by atoms with Gasteiger partial charge in [-0.2, -0.15) is 0 Å². The number of hydrogen-bond donors (Lipinski definition) is 0. The Morgan fingerprint density at radius 3 is 1.80 bits per heavy atom. The highest BCUT2D eigenvalue weighted by atomic mass is 16.3. The summed E-state index contributed by atoms with van der Waals surface area (Å²) in [4.78, 5) is 18.1. The van der Waals surface area contributed by atoms with Crippen molar-refractivity contribution >= 4 is 60.7 Å². The van der Waals surface area contributed by atoms with Gasteiger partial charge >= 0.3 is 0 Å². The molecule has 1 aliphatic heterocycles. The summed E-state index contributed by atoms with van der Waals surface area (Å²) in [6.07, 6.45) is 8.41. The fourth-order valence-electron chi connectivity index (χ4n) is 9.20. The third-order valence-electron chi connectivity index (χ3n) is 12.2. The standard InChI is InChI=1S/C58H39N5O/c1-38-17-4-3-15-34-62(50-25-11-7-20-45(38)50)43-35-42(36-44(37-43)63-51-26-12-8-21-47(51)48-22-9-13-27-52(48)63)58-60-56(40-18-5-2-6-19-40)59-57(61-58)41-32-30-39(31-33-41)46-24-16-29-54-55(46)49-23-10-14-28-53(49)64-54/h2-33,35-37H,1,34H2/b15-3-,17-4-. The first-order chi connectivity index (χ1) is 31.6. The van der Waals surface area contributed by atoms with E-state index in [0.717, 1.165) is 89.0 Å². The molecule has 4 heterocycles. The van der Waals surface area contributed by atoms with Gasteiger partial charge in [0.05, 0.1) is 11.0 Å². The molecular formula is C58H39N5O. The first-order valence-electron chi connectivity index (χ1n) is 21.5. The lowest BCUT2D eigenvalue weighted by Crippen LogP contribution is -2.18. The summed E-state index contributed by atoms with van der Waals surface area (Å²) in [6, 6.07) is 65.6. The third kappa shape index (κ3) is 6.39. The molecule has 12 rings (SSSR count). The van der Waals surface area contributed by atoms with Crippen LogP contribution >= 0.6 is 0 Å². The normalized spacial score (nSPS) is 13.8. The number of furan rings is 1. The molecule has 0 fully saturated rings. The number of allylic oxidation sites excluding steroid dienone is 4. The number of para-hydroxylation sites is 4. The van der Waals surface area contributed by atoms with Gasteiger partial charge in [-0.3, -0.25) is 0 Å². The minimum absolute atomic E-state index is 0.575. The van der Waals surface area contributed by atoms with E-state index in [2.05, 4.69) is 192 Å². The summed E-state index contributed by atoms with van der Waals surface area (Å²) in [5.41, 5.74) is 13.9. The largest absolute Gasteiger partial charge is 0.456 e. The van der Waals surface area contributed by atoms with Gasteiger partial charge < -0.3 is 13.9 Å². The SMILES string of the molecule is C=C1/C=C\C=C/CN(c2cc(-c3nc(-c4ccccc4)nc(-c4ccc(-c5cccc6oc7ccccc7c56)cc4)n3)cc(-n3c4ccccc4c4ccccc43)c2)c2ccccc21. The third-order valence-corrected chi connectivity index (χ3v) is 12.2. The number of hydrogen-bond acceptors (Lipinski definition) is 5. The van der Waals surface area contributed by atoms with E-state index in [1.165, 1.54) is 10.8 Å². The average Bonchev–Trinajstić information content (AvgIpc) is 3.93. The van der Waals surface area contributed by atoms with Crippen LogP contribution in [-0.4, -0.2) is 26.1 Å². The van der Waals surface area contributed by atoms with Gasteiger partial charge in [0, 0.05) is 67.4 Å². The zero-order valence-electron chi connectivity index (χ0n) is 34.8. The molecule has 0 aliphatic carbocycles. The van der Waals surface area contributed by atoms with Crippen LogP contribution in [0.2, 0.25) is 0 Å². The molecule has 0 atom stereocenters. The van der Waals surface area contributed by atoms with Gasteiger partial charge in [-0.25, -0.2) is 15.0 Å². The molecule has 11 aromatic rings. The number of rotatable bonds is 6. The molecule has 1 aliphatic rings. The Hall–Kier alpha value is -8.61. The molecule has 0 N–H and O–H groups in total. The smallest absolute Gasteiger partial charge is 0.164 e. The van der Waals surface area contributed by atoms with Gasteiger partial charge in [-0.1, -0.05) is 170 Å². The van der Waals surface area contributed by atoms with Crippen molar-refractivity contribution in [3.8, 4) is 51.0 Å². The molecule has 0 spiro atoms. The van der Waals surface area contributed by atoms with E-state index in [9.17, 15) is 0 Å². The van der Waals surface area contributed by atoms with Crippen molar-refractivity contribution in [3.05, 3.63) is 225 Å². The summed E-state index contributed by atoms with van der Waals surface area (Å²) >= 11 is 0. The second kappa shape index (κ2) is 15.4. The van der Waals surface area contributed by atoms with E-state index in [0.29, 0.717) is 24.0 Å². The second-order valence-electron chi connectivity index (χ2n) is 16.1. The van der Waals surface area contributed by atoms with Crippen LogP contribution < -0.4 is 4.90 Å². The lowest BCUT2D eigenvalue weighted by molar-refractivity contribution is 0.669. The molecule has 0 unspecified atom stereocenters. The summed E-state index contributed by atoms with van der Waals surface area (Å²) in [5.74, 6) is 1.76. The van der Waals surface area contributed by atoms with Gasteiger partial charge in [-0.15, -0.1) is 0 Å². The molecular weight excluding hydrogens is 783 g/mol. The predicted octanol–water partition coefficient (Wildman–Crippen LogP) is 14.8. The van der Waals surface area contributed by atoms with E-state index >= 15 is 0 Å². The molecule has 6 heteroatoms. The van der Waals surface area contributed by atoms with E-state index in [1.807, 2.05) is 36.4 Å². The molecule has 3 aromatic heterocycles. The maximum Gasteiger partial charge on any atom is 0.164 e. The highest BCUT2D eigenvalue weighted by Crippen LogP contribution is 2.41. The predicted molar refractivity (Wildman–Crippen MR) is 264 cm³/mol. The highest BCUT2D eigenvalue weighted by Gasteiger charge is 2.21. The van der Waals surface area contributed by atoms with Crippen LogP contribution in [0.4, 0.5) is 11.4 Å². The maximum atomic E-state index is 6.24. The Morgan fingerprint density at radius 2 is 1.03 bits per heavy atom. The van der Waals surface area contributed by atoms with E-state index in [1.54, 1.807) is 0 Å². The molecule has 0 bridgehead atoms. The van der Waals surface area contributed by atoms with Gasteiger partial charge in [0.25, 0.3) is 0 Å². The molecule has 302 valence electrons. The number of fused-ring (bicyclic) bond motifs is 7. The Balaban J connectivity index is 1.07. The van der Waals surface area contributed by atoms with Gasteiger partial charge in [0.15, 0.2) is 17.5 Å². The van der Waals surface area contributed by atoms with Crippen molar-refractivity contribution in [2.24, 2.45) is 0 Å². The van der Waals surface area contributed by atoms with Crippen LogP contribution in [0.1, 0.15) is 5.56 Å². The van der Waals surface area contributed by atoms with Crippen molar-refractivity contribution in [3.63, 3.8) is 0 Å². The van der Waals surface area contributed by atoms with Crippen molar-refractivity contribution in [1.82, 2.24) is 19.5 Å². The Kier molecular flexibility index (Phi) is 8.94. The Bertz CT molecular complexity index is 3620. The zero-order chi connectivity index (χ0) is 42.6. The van der Waals surface area contributed by atoms with Crippen LogP contribution in [0.15, 0.2) is 223 Å². The molecule has 6 nitrogen and oxygen atoms in total. The number of benzene rings is 8. The molecule has 0 saturated heterocycles. The van der Waals surface area contributed by atoms with Crippen molar-refractivity contribution in [1.29, 1.82) is 0 Å². The van der Waals surface area contributed by atoms with Crippen LogP contribution in [0.3, 0.4) is 0 Å². The Morgan fingerprint density at radius 1 is 0.453 bits per heavy atom. The fourth-order valence-corrected chi connectivity index (χ4v) is 9.20. The topological polar surface area (TPSA) is 60.0 Å². The van der Waals surface area contributed by atoms with Crippen molar-refractivity contribution in [2.75, 3.05) is 11.4 Å². The quantitative estimate of drug-likeness (QED) is 0.167. The lowest BCUT2D eigenvalue weighted by Gasteiger charge is -2.27. The minimum Gasteiger partial charge on any atom is -0.456 e. The van der Waals surface area contributed by atoms with Crippen LogP contribution in [-0.2, 0) is 0 Å². The maximum absolute atomic E-state index is 6.24. The number of aromatic nitrogens is 4. The monoisotopic (exact) mass is 821 g/mol. The van der Waals surface area contributed by atoms with Crippen molar-refractivity contribution < 1.29 is 4.42 Å². The molecule has 8 aromatic carbocycles. The fraction of sp³-hybridized carbons (Fsp3) is 0.0172. The number of nitrogens with zero attached hydrogens (tertiary/aromatic N) is 5. The zero-order valence-corrected chi connectivity index (χ0v) is 34.8. The van der Waals surface area contributed by atoms with Crippen LogP contribution in [0.25, 0.3) is 100 Å². The minimum atomic E-state index is 0.575. The van der Waals surface area contributed by atoms with Gasteiger partial charge in [-0.05, 0) is 65.2 Å². The first kappa shape index (κ1) is 37.2. The molecule has 0 saturated carbocycles. The second-order valence-corrected chi connectivity index (χ2v) is 16.1. The first-order valence-corrected chi connectivity index (χ1v) is 21.5. The van der Waals surface area contributed by atoms with Gasteiger partial charge in [0.2, 0.25) is 0 Å².